The Hall–Kier alpha value is -1.75. The molecule has 1 fully saturated rings. The maximum absolute atomic E-state index is 5.30. The molecule has 128 valence electrons. The highest BCUT2D eigenvalue weighted by Crippen LogP contribution is 2.34. The number of benzene rings is 1. The summed E-state index contributed by atoms with van der Waals surface area (Å²) >= 11 is 1.73. The van der Waals surface area contributed by atoms with Crippen LogP contribution in [0.3, 0.4) is 0 Å². The molecule has 1 heterocycles. The molecule has 0 atom stereocenters. The number of hydrogen-bond acceptors (Lipinski definition) is 4. The Labute approximate surface area is 148 Å². The summed E-state index contributed by atoms with van der Waals surface area (Å²) in [7, 11) is 1.70. The van der Waals surface area contributed by atoms with Crippen molar-refractivity contribution in [3.63, 3.8) is 0 Å². The van der Waals surface area contributed by atoms with Gasteiger partial charge in [-0.05, 0) is 30.5 Å². The Morgan fingerprint density at radius 3 is 2.88 bits per heavy atom. The van der Waals surface area contributed by atoms with E-state index in [-0.39, 0.29) is 0 Å². The lowest BCUT2D eigenvalue weighted by molar-refractivity contribution is 0.414. The van der Waals surface area contributed by atoms with E-state index in [1.807, 2.05) is 18.2 Å². The van der Waals surface area contributed by atoms with Gasteiger partial charge in [0.25, 0.3) is 0 Å². The standard InChI is InChI=1S/C19H25N3OS/c1-3-12-22-18(16-9-5-4-6-10-16)20-21-19(22)24-14-15-8-7-11-17(13-15)23-2/h3,7-8,11,13,16H,1,4-6,9-10,12,14H2,2H3. The Morgan fingerprint density at radius 1 is 1.29 bits per heavy atom. The summed E-state index contributed by atoms with van der Waals surface area (Å²) in [5, 5.41) is 9.97. The minimum Gasteiger partial charge on any atom is -0.497 e. The number of thioether (sulfide) groups is 1. The van der Waals surface area contributed by atoms with Gasteiger partial charge < -0.3 is 9.30 Å². The molecule has 0 radical (unpaired) electrons. The van der Waals surface area contributed by atoms with Crippen molar-refractivity contribution in [2.45, 2.75) is 55.5 Å². The first kappa shape index (κ1) is 17.1. The fraction of sp³-hybridized carbons (Fsp3) is 0.474. The van der Waals surface area contributed by atoms with Gasteiger partial charge in [0.15, 0.2) is 5.16 Å². The van der Waals surface area contributed by atoms with Gasteiger partial charge in [0.2, 0.25) is 0 Å². The van der Waals surface area contributed by atoms with E-state index in [2.05, 4.69) is 33.5 Å². The number of ether oxygens (including phenoxy) is 1. The zero-order valence-corrected chi connectivity index (χ0v) is 15.1. The number of allylic oxidation sites excluding steroid dienone is 1. The van der Waals surface area contributed by atoms with Crippen molar-refractivity contribution < 1.29 is 4.74 Å². The number of methoxy groups -OCH3 is 1. The third-order valence-electron chi connectivity index (χ3n) is 4.53. The van der Waals surface area contributed by atoms with Crippen LogP contribution < -0.4 is 4.74 Å². The van der Waals surface area contributed by atoms with Gasteiger partial charge in [0.1, 0.15) is 11.6 Å². The lowest BCUT2D eigenvalue weighted by atomic mass is 9.89. The molecule has 5 heteroatoms. The van der Waals surface area contributed by atoms with E-state index in [4.69, 9.17) is 4.74 Å². The molecular weight excluding hydrogens is 318 g/mol. The average Bonchev–Trinajstić information content (AvgIpc) is 3.04. The topological polar surface area (TPSA) is 39.9 Å². The van der Waals surface area contributed by atoms with Crippen LogP contribution in [0.5, 0.6) is 5.75 Å². The molecule has 3 rings (SSSR count). The smallest absolute Gasteiger partial charge is 0.191 e. The highest BCUT2D eigenvalue weighted by molar-refractivity contribution is 7.98. The van der Waals surface area contributed by atoms with E-state index in [0.717, 1.165) is 29.0 Å². The first-order valence-corrected chi connectivity index (χ1v) is 9.60. The summed E-state index contributed by atoms with van der Waals surface area (Å²) in [4.78, 5) is 0. The van der Waals surface area contributed by atoms with Gasteiger partial charge in [-0.3, -0.25) is 0 Å². The second-order valence-electron chi connectivity index (χ2n) is 6.22. The summed E-state index contributed by atoms with van der Waals surface area (Å²) in [5.41, 5.74) is 1.23. The zero-order valence-electron chi connectivity index (χ0n) is 14.3. The van der Waals surface area contributed by atoms with Crippen LogP contribution in [0.2, 0.25) is 0 Å². The fourth-order valence-corrected chi connectivity index (χ4v) is 4.18. The van der Waals surface area contributed by atoms with Gasteiger partial charge >= 0.3 is 0 Å². The van der Waals surface area contributed by atoms with Crippen LogP contribution in [0.1, 0.15) is 49.4 Å². The Kier molecular flexibility index (Phi) is 5.96. The van der Waals surface area contributed by atoms with Crippen LogP contribution in [0.25, 0.3) is 0 Å². The molecule has 4 nitrogen and oxygen atoms in total. The second-order valence-corrected chi connectivity index (χ2v) is 7.16. The minimum absolute atomic E-state index is 0.553. The van der Waals surface area contributed by atoms with E-state index in [0.29, 0.717) is 5.92 Å². The summed E-state index contributed by atoms with van der Waals surface area (Å²) in [6.45, 7) is 4.68. The van der Waals surface area contributed by atoms with Crippen LogP contribution in [0, 0.1) is 0 Å². The monoisotopic (exact) mass is 343 g/mol. The van der Waals surface area contributed by atoms with Gasteiger partial charge in [-0.15, -0.1) is 16.8 Å². The normalized spacial score (nSPS) is 15.4. The summed E-state index contributed by atoms with van der Waals surface area (Å²) < 4.78 is 7.54. The summed E-state index contributed by atoms with van der Waals surface area (Å²) in [6, 6.07) is 8.18. The molecule has 1 aliphatic rings. The number of rotatable bonds is 7. The van der Waals surface area contributed by atoms with Gasteiger partial charge in [0, 0.05) is 18.2 Å². The first-order chi connectivity index (χ1) is 11.8. The summed E-state index contributed by atoms with van der Waals surface area (Å²) in [6.07, 6.45) is 8.36. The van der Waals surface area contributed by atoms with Crippen LogP contribution in [-0.2, 0) is 12.3 Å². The van der Waals surface area contributed by atoms with Gasteiger partial charge in [-0.1, -0.05) is 49.2 Å². The number of hydrogen-bond donors (Lipinski definition) is 0. The third-order valence-corrected chi connectivity index (χ3v) is 5.57. The molecule has 1 saturated carbocycles. The molecule has 0 spiro atoms. The number of nitrogens with zero attached hydrogens (tertiary/aromatic N) is 3. The van der Waals surface area contributed by atoms with Crippen LogP contribution in [-0.4, -0.2) is 21.9 Å². The molecule has 0 bridgehead atoms. The van der Waals surface area contributed by atoms with Gasteiger partial charge in [0.05, 0.1) is 7.11 Å². The quantitative estimate of drug-likeness (QED) is 0.534. The second kappa shape index (κ2) is 8.38. The Bertz CT molecular complexity index is 677. The molecule has 1 aromatic heterocycles. The highest BCUT2D eigenvalue weighted by Gasteiger charge is 2.23. The van der Waals surface area contributed by atoms with E-state index in [1.165, 1.54) is 37.7 Å². The number of aromatic nitrogens is 3. The molecule has 0 saturated heterocycles. The SMILES string of the molecule is C=CCn1c(SCc2cccc(OC)c2)nnc1C1CCCCC1. The van der Waals surface area contributed by atoms with Crippen molar-refractivity contribution in [1.82, 2.24) is 14.8 Å². The van der Waals surface area contributed by atoms with E-state index < -0.39 is 0 Å². The van der Waals surface area contributed by atoms with Crippen molar-refractivity contribution in [3.8, 4) is 5.75 Å². The van der Waals surface area contributed by atoms with Crippen molar-refractivity contribution >= 4 is 11.8 Å². The zero-order chi connectivity index (χ0) is 16.8. The molecule has 2 aromatic rings. The fourth-order valence-electron chi connectivity index (χ4n) is 3.28. The average molecular weight is 343 g/mol. The van der Waals surface area contributed by atoms with Gasteiger partial charge in [-0.25, -0.2) is 0 Å². The molecule has 0 N–H and O–H groups in total. The molecule has 1 aliphatic carbocycles. The van der Waals surface area contributed by atoms with Crippen LogP contribution in [0.15, 0.2) is 42.1 Å². The Balaban J connectivity index is 1.74. The van der Waals surface area contributed by atoms with Crippen molar-refractivity contribution in [1.29, 1.82) is 0 Å². The first-order valence-electron chi connectivity index (χ1n) is 8.61. The van der Waals surface area contributed by atoms with Crippen molar-refractivity contribution in [2.24, 2.45) is 0 Å². The van der Waals surface area contributed by atoms with E-state index >= 15 is 0 Å². The van der Waals surface area contributed by atoms with Crippen LogP contribution in [0.4, 0.5) is 0 Å². The minimum atomic E-state index is 0.553. The molecule has 0 unspecified atom stereocenters. The highest BCUT2D eigenvalue weighted by atomic mass is 32.2. The predicted molar refractivity (Wildman–Crippen MR) is 98.6 cm³/mol. The van der Waals surface area contributed by atoms with Crippen molar-refractivity contribution in [2.75, 3.05) is 7.11 Å². The maximum atomic E-state index is 5.30. The predicted octanol–water partition coefficient (Wildman–Crippen LogP) is 4.81. The van der Waals surface area contributed by atoms with E-state index in [9.17, 15) is 0 Å². The molecule has 24 heavy (non-hydrogen) atoms. The van der Waals surface area contributed by atoms with Crippen molar-refractivity contribution in [3.05, 3.63) is 48.3 Å². The van der Waals surface area contributed by atoms with E-state index in [1.54, 1.807) is 18.9 Å². The molecule has 0 amide bonds. The summed E-state index contributed by atoms with van der Waals surface area (Å²) in [5.74, 6) is 3.45. The Morgan fingerprint density at radius 2 is 2.12 bits per heavy atom. The molecular formula is C19H25N3OS. The molecule has 1 aromatic carbocycles. The molecule has 0 aliphatic heterocycles. The lowest BCUT2D eigenvalue weighted by Gasteiger charge is -2.21. The third kappa shape index (κ3) is 4.01. The van der Waals surface area contributed by atoms with Crippen LogP contribution >= 0.6 is 11.8 Å². The largest absolute Gasteiger partial charge is 0.497 e. The van der Waals surface area contributed by atoms with Gasteiger partial charge in [-0.2, -0.15) is 0 Å². The lowest BCUT2D eigenvalue weighted by Crippen LogP contribution is -2.12. The maximum Gasteiger partial charge on any atom is 0.191 e.